The highest BCUT2D eigenvalue weighted by Crippen LogP contribution is 2.28. The molecule has 1 fully saturated rings. The number of guanidine groups is 1. The Morgan fingerprint density at radius 2 is 2.26 bits per heavy atom. The molecule has 1 saturated carbocycles. The highest BCUT2D eigenvalue weighted by molar-refractivity contribution is 14.0. The van der Waals surface area contributed by atoms with Crippen LogP contribution in [0.2, 0.25) is 0 Å². The quantitative estimate of drug-likeness (QED) is 0.219. The van der Waals surface area contributed by atoms with E-state index in [1.807, 2.05) is 13.1 Å². The number of nitrogens with one attached hydrogen (secondary N) is 1. The summed E-state index contributed by atoms with van der Waals surface area (Å²) in [5, 5.41) is 3.32. The van der Waals surface area contributed by atoms with Gasteiger partial charge in [0.15, 0.2) is 5.96 Å². The summed E-state index contributed by atoms with van der Waals surface area (Å²) >= 11 is 0. The molecule has 112 valence electrons. The SMILES string of the molecule is C=CCCCN(C)C(=NC)NCCOCC1CC1.I. The van der Waals surface area contributed by atoms with Gasteiger partial charge >= 0.3 is 0 Å². The molecule has 19 heavy (non-hydrogen) atoms. The number of aliphatic imine (C=N–C) groups is 1. The van der Waals surface area contributed by atoms with Crippen molar-refractivity contribution in [2.45, 2.75) is 25.7 Å². The van der Waals surface area contributed by atoms with Crippen LogP contribution in [0.1, 0.15) is 25.7 Å². The minimum Gasteiger partial charge on any atom is -0.379 e. The van der Waals surface area contributed by atoms with Gasteiger partial charge in [0.05, 0.1) is 6.61 Å². The molecule has 0 amide bonds. The smallest absolute Gasteiger partial charge is 0.193 e. The van der Waals surface area contributed by atoms with Gasteiger partial charge in [0.1, 0.15) is 0 Å². The van der Waals surface area contributed by atoms with Crippen molar-refractivity contribution in [3.05, 3.63) is 12.7 Å². The van der Waals surface area contributed by atoms with Gasteiger partial charge in [0, 0.05) is 33.8 Å². The monoisotopic (exact) mass is 381 g/mol. The molecule has 5 heteroatoms. The molecule has 1 rings (SSSR count). The van der Waals surface area contributed by atoms with E-state index < -0.39 is 0 Å². The van der Waals surface area contributed by atoms with Gasteiger partial charge in [-0.1, -0.05) is 6.08 Å². The number of nitrogens with zero attached hydrogens (tertiary/aromatic N) is 2. The van der Waals surface area contributed by atoms with Gasteiger partial charge in [-0.05, 0) is 31.6 Å². The normalized spacial score (nSPS) is 14.7. The zero-order valence-corrected chi connectivity index (χ0v) is 14.6. The van der Waals surface area contributed by atoms with Crippen molar-refractivity contribution in [1.82, 2.24) is 10.2 Å². The summed E-state index contributed by atoms with van der Waals surface area (Å²) in [6, 6.07) is 0. The van der Waals surface area contributed by atoms with Crippen molar-refractivity contribution < 1.29 is 4.74 Å². The molecule has 0 bridgehead atoms. The van der Waals surface area contributed by atoms with Crippen LogP contribution in [0.5, 0.6) is 0 Å². The van der Waals surface area contributed by atoms with Crippen molar-refractivity contribution >= 4 is 29.9 Å². The van der Waals surface area contributed by atoms with Crippen LogP contribution in [0.25, 0.3) is 0 Å². The van der Waals surface area contributed by atoms with E-state index in [4.69, 9.17) is 4.74 Å². The third-order valence-electron chi connectivity index (χ3n) is 3.06. The van der Waals surface area contributed by atoms with Crippen molar-refractivity contribution in [3.63, 3.8) is 0 Å². The summed E-state index contributed by atoms with van der Waals surface area (Å²) in [5.74, 6) is 1.78. The summed E-state index contributed by atoms with van der Waals surface area (Å²) in [6.07, 6.45) is 6.81. The molecule has 0 aromatic heterocycles. The van der Waals surface area contributed by atoms with Crippen LogP contribution >= 0.6 is 24.0 Å². The van der Waals surface area contributed by atoms with E-state index in [1.165, 1.54) is 12.8 Å². The number of hydrogen-bond donors (Lipinski definition) is 1. The molecule has 1 aliphatic carbocycles. The van der Waals surface area contributed by atoms with E-state index in [1.54, 1.807) is 0 Å². The maximum absolute atomic E-state index is 5.58. The van der Waals surface area contributed by atoms with Gasteiger partial charge in [0.2, 0.25) is 0 Å². The van der Waals surface area contributed by atoms with Gasteiger partial charge in [-0.15, -0.1) is 30.6 Å². The number of hydrogen-bond acceptors (Lipinski definition) is 2. The molecule has 0 atom stereocenters. The predicted octanol–water partition coefficient (Wildman–Crippen LogP) is 2.50. The average Bonchev–Trinajstić information content (AvgIpc) is 3.18. The second-order valence-electron chi connectivity index (χ2n) is 4.84. The Labute approximate surface area is 134 Å². The largest absolute Gasteiger partial charge is 0.379 e. The first-order chi connectivity index (χ1) is 8.77. The van der Waals surface area contributed by atoms with Crippen LogP contribution in [-0.4, -0.2) is 51.3 Å². The zero-order valence-electron chi connectivity index (χ0n) is 12.2. The maximum Gasteiger partial charge on any atom is 0.193 e. The molecule has 1 aliphatic rings. The fourth-order valence-electron chi connectivity index (χ4n) is 1.73. The highest BCUT2D eigenvalue weighted by Gasteiger charge is 2.20. The average molecular weight is 381 g/mol. The standard InChI is InChI=1S/C14H27N3O.HI/c1-4-5-6-10-17(3)14(15-2)16-9-11-18-12-13-7-8-13;/h4,13H,1,5-12H2,2-3H3,(H,15,16);1H. The van der Waals surface area contributed by atoms with Crippen LogP contribution in [-0.2, 0) is 4.74 Å². The van der Waals surface area contributed by atoms with Gasteiger partial charge in [0.25, 0.3) is 0 Å². The fourth-order valence-corrected chi connectivity index (χ4v) is 1.73. The molecule has 0 spiro atoms. The Morgan fingerprint density at radius 3 is 2.84 bits per heavy atom. The number of halogens is 1. The van der Waals surface area contributed by atoms with Crippen LogP contribution in [0.3, 0.4) is 0 Å². The molecule has 0 radical (unpaired) electrons. The third-order valence-corrected chi connectivity index (χ3v) is 3.06. The third kappa shape index (κ3) is 9.27. The first kappa shape index (κ1) is 18.7. The van der Waals surface area contributed by atoms with E-state index in [2.05, 4.69) is 28.8 Å². The van der Waals surface area contributed by atoms with Crippen LogP contribution in [0.4, 0.5) is 0 Å². The predicted molar refractivity (Wildman–Crippen MR) is 92.4 cm³/mol. The van der Waals surface area contributed by atoms with Gasteiger partial charge in [-0.25, -0.2) is 0 Å². The van der Waals surface area contributed by atoms with Crippen LogP contribution in [0, 0.1) is 5.92 Å². The number of ether oxygens (including phenoxy) is 1. The number of allylic oxidation sites excluding steroid dienone is 1. The van der Waals surface area contributed by atoms with Crippen molar-refractivity contribution in [3.8, 4) is 0 Å². The number of rotatable bonds is 9. The van der Waals surface area contributed by atoms with Crippen LogP contribution < -0.4 is 5.32 Å². The van der Waals surface area contributed by atoms with E-state index in [0.717, 1.165) is 51.0 Å². The van der Waals surface area contributed by atoms with E-state index >= 15 is 0 Å². The minimum atomic E-state index is 0. The van der Waals surface area contributed by atoms with Gasteiger partial charge in [-0.3, -0.25) is 4.99 Å². The Morgan fingerprint density at radius 1 is 1.53 bits per heavy atom. The molecule has 0 aliphatic heterocycles. The Bertz CT molecular complexity index is 267. The molecule has 0 heterocycles. The highest BCUT2D eigenvalue weighted by atomic mass is 127. The van der Waals surface area contributed by atoms with Gasteiger partial charge in [-0.2, -0.15) is 0 Å². The van der Waals surface area contributed by atoms with E-state index in [-0.39, 0.29) is 24.0 Å². The first-order valence-electron chi connectivity index (χ1n) is 6.88. The lowest BCUT2D eigenvalue weighted by molar-refractivity contribution is 0.128. The second-order valence-corrected chi connectivity index (χ2v) is 4.84. The summed E-state index contributed by atoms with van der Waals surface area (Å²) < 4.78 is 5.58. The summed E-state index contributed by atoms with van der Waals surface area (Å²) in [4.78, 5) is 6.41. The van der Waals surface area contributed by atoms with E-state index in [0.29, 0.717) is 0 Å². The lowest BCUT2D eigenvalue weighted by atomic mass is 10.3. The van der Waals surface area contributed by atoms with Crippen LogP contribution in [0.15, 0.2) is 17.6 Å². The summed E-state index contributed by atoms with van der Waals surface area (Å²) in [5.41, 5.74) is 0. The lowest BCUT2D eigenvalue weighted by Gasteiger charge is -2.21. The fraction of sp³-hybridized carbons (Fsp3) is 0.786. The molecular weight excluding hydrogens is 353 g/mol. The molecule has 0 aromatic carbocycles. The van der Waals surface area contributed by atoms with Crippen molar-refractivity contribution in [1.29, 1.82) is 0 Å². The Hall–Kier alpha value is -0.300. The molecule has 0 unspecified atom stereocenters. The van der Waals surface area contributed by atoms with E-state index in [9.17, 15) is 0 Å². The maximum atomic E-state index is 5.58. The molecule has 4 nitrogen and oxygen atoms in total. The molecule has 0 aromatic rings. The Balaban J connectivity index is 0.00000324. The summed E-state index contributed by atoms with van der Waals surface area (Å²) in [6.45, 7) is 7.24. The zero-order chi connectivity index (χ0) is 13.2. The van der Waals surface area contributed by atoms with Gasteiger partial charge < -0.3 is 15.0 Å². The second kappa shape index (κ2) is 11.5. The lowest BCUT2D eigenvalue weighted by Crippen LogP contribution is -2.40. The first-order valence-corrected chi connectivity index (χ1v) is 6.88. The minimum absolute atomic E-state index is 0. The topological polar surface area (TPSA) is 36.9 Å². The molecule has 1 N–H and O–H groups in total. The Kier molecular flexibility index (Phi) is 11.3. The van der Waals surface area contributed by atoms with Crippen molar-refractivity contribution in [2.24, 2.45) is 10.9 Å². The van der Waals surface area contributed by atoms with Crippen molar-refractivity contribution in [2.75, 3.05) is 40.4 Å². The number of unbranched alkanes of at least 4 members (excludes halogenated alkanes) is 1. The molecular formula is C14H28IN3O. The summed E-state index contributed by atoms with van der Waals surface area (Å²) in [7, 11) is 3.88. The molecule has 0 saturated heterocycles.